The van der Waals surface area contributed by atoms with Crippen molar-refractivity contribution in [2.45, 2.75) is 19.1 Å². The topological polar surface area (TPSA) is 53.6 Å². The molecular weight excluding hydrogens is 302 g/mol. The van der Waals surface area contributed by atoms with E-state index in [2.05, 4.69) is 22.8 Å². The zero-order valence-electron chi connectivity index (χ0n) is 14.1. The number of hydrogen-bond acceptors (Lipinski definition) is 3. The molecule has 1 aliphatic rings. The molecule has 2 N–H and O–H groups in total. The lowest BCUT2D eigenvalue weighted by atomic mass is 10.1. The Bertz CT molecular complexity index is 675. The molecule has 24 heavy (non-hydrogen) atoms. The summed E-state index contributed by atoms with van der Waals surface area (Å²) >= 11 is 0. The summed E-state index contributed by atoms with van der Waals surface area (Å²) in [5, 5.41) is 6.28. The average molecular weight is 325 g/mol. The second-order valence-electron chi connectivity index (χ2n) is 5.93. The number of nitrogens with zero attached hydrogens (tertiary/aromatic N) is 1. The molecule has 0 spiro atoms. The number of fused-ring (bicyclic) bond motifs is 1. The molecular formula is C19H23N3O2. The van der Waals surface area contributed by atoms with E-state index in [0.717, 1.165) is 11.3 Å². The molecule has 2 amide bonds. The largest absolute Gasteiger partial charge is 0.497 e. The molecule has 0 saturated carbocycles. The molecule has 0 aliphatic carbocycles. The highest BCUT2D eigenvalue weighted by Crippen LogP contribution is 2.22. The molecule has 126 valence electrons. The molecule has 2 aromatic carbocycles. The summed E-state index contributed by atoms with van der Waals surface area (Å²) in [5.41, 5.74) is 3.57. The van der Waals surface area contributed by atoms with Crippen LogP contribution in [-0.4, -0.2) is 31.6 Å². The molecule has 1 aliphatic heterocycles. The third-order valence-corrected chi connectivity index (χ3v) is 4.45. The van der Waals surface area contributed by atoms with Crippen molar-refractivity contribution in [3.05, 3.63) is 65.2 Å². The maximum atomic E-state index is 12.4. The van der Waals surface area contributed by atoms with Crippen molar-refractivity contribution >= 4 is 6.03 Å². The summed E-state index contributed by atoms with van der Waals surface area (Å²) in [6.07, 6.45) is 0. The van der Waals surface area contributed by atoms with Gasteiger partial charge in [0.25, 0.3) is 0 Å². The number of rotatable bonds is 5. The van der Waals surface area contributed by atoms with E-state index in [0.29, 0.717) is 19.6 Å². The minimum Gasteiger partial charge on any atom is -0.497 e. The van der Waals surface area contributed by atoms with E-state index in [1.54, 1.807) is 7.11 Å². The monoisotopic (exact) mass is 325 g/mol. The van der Waals surface area contributed by atoms with Gasteiger partial charge in [-0.25, -0.2) is 4.79 Å². The summed E-state index contributed by atoms with van der Waals surface area (Å²) in [6.45, 7) is 1.89. The van der Waals surface area contributed by atoms with Crippen LogP contribution in [0.15, 0.2) is 48.5 Å². The Morgan fingerprint density at radius 2 is 1.75 bits per heavy atom. The van der Waals surface area contributed by atoms with Crippen LogP contribution in [-0.2, 0) is 13.1 Å². The van der Waals surface area contributed by atoms with Crippen LogP contribution in [0.25, 0.3) is 0 Å². The predicted molar refractivity (Wildman–Crippen MR) is 93.9 cm³/mol. The van der Waals surface area contributed by atoms with Gasteiger partial charge in [0.1, 0.15) is 5.75 Å². The van der Waals surface area contributed by atoms with Crippen molar-refractivity contribution in [2.75, 3.05) is 20.7 Å². The number of likely N-dealkylation sites (N-methyl/N-ethyl adjacent to an activating group) is 1. The van der Waals surface area contributed by atoms with Gasteiger partial charge in [0.15, 0.2) is 0 Å². The molecule has 0 bridgehead atoms. The first-order chi connectivity index (χ1) is 11.7. The van der Waals surface area contributed by atoms with Gasteiger partial charge >= 0.3 is 6.03 Å². The molecule has 3 rings (SSSR count). The van der Waals surface area contributed by atoms with E-state index in [1.165, 1.54) is 11.1 Å². The summed E-state index contributed by atoms with van der Waals surface area (Å²) in [5.74, 6) is 0.826. The molecule has 0 aromatic heterocycles. The van der Waals surface area contributed by atoms with E-state index >= 15 is 0 Å². The number of benzene rings is 2. The number of urea groups is 1. The van der Waals surface area contributed by atoms with Crippen molar-refractivity contribution < 1.29 is 9.53 Å². The van der Waals surface area contributed by atoms with Crippen molar-refractivity contribution in [3.8, 4) is 5.75 Å². The standard InChI is InChI=1S/C19H23N3O2/c1-20-18(14-7-9-17(24-2)10-8-14)11-21-19(23)22-12-15-5-3-4-6-16(15)13-22/h3-10,18,20H,11-13H2,1-2H3,(H,21,23). The van der Waals surface area contributed by atoms with Crippen molar-refractivity contribution in [1.82, 2.24) is 15.5 Å². The molecule has 0 fully saturated rings. The first-order valence-electron chi connectivity index (χ1n) is 8.12. The van der Waals surface area contributed by atoms with Crippen LogP contribution >= 0.6 is 0 Å². The minimum absolute atomic E-state index is 0.0278. The van der Waals surface area contributed by atoms with Crippen LogP contribution in [0.5, 0.6) is 5.75 Å². The molecule has 0 radical (unpaired) electrons. The highest BCUT2D eigenvalue weighted by molar-refractivity contribution is 5.75. The molecule has 1 heterocycles. The van der Waals surface area contributed by atoms with E-state index in [9.17, 15) is 4.79 Å². The van der Waals surface area contributed by atoms with Crippen LogP contribution in [0.2, 0.25) is 0 Å². The van der Waals surface area contributed by atoms with Gasteiger partial charge in [-0.2, -0.15) is 0 Å². The van der Waals surface area contributed by atoms with Crippen LogP contribution in [0.3, 0.4) is 0 Å². The van der Waals surface area contributed by atoms with Gasteiger partial charge in [0, 0.05) is 25.7 Å². The first kappa shape index (κ1) is 16.3. The van der Waals surface area contributed by atoms with Crippen LogP contribution in [0, 0.1) is 0 Å². The molecule has 2 aromatic rings. The van der Waals surface area contributed by atoms with Gasteiger partial charge in [-0.05, 0) is 35.9 Å². The Balaban J connectivity index is 1.56. The number of carbonyl (C=O) groups excluding carboxylic acids is 1. The quantitative estimate of drug-likeness (QED) is 0.889. The smallest absolute Gasteiger partial charge is 0.318 e. The Kier molecular flexibility index (Phi) is 5.01. The molecule has 1 unspecified atom stereocenters. The number of nitrogens with one attached hydrogen (secondary N) is 2. The van der Waals surface area contributed by atoms with E-state index in [4.69, 9.17) is 4.74 Å². The molecule has 5 nitrogen and oxygen atoms in total. The Hall–Kier alpha value is -2.53. The summed E-state index contributed by atoms with van der Waals surface area (Å²) in [4.78, 5) is 14.3. The maximum absolute atomic E-state index is 12.4. The Morgan fingerprint density at radius 3 is 2.29 bits per heavy atom. The highest BCUT2D eigenvalue weighted by atomic mass is 16.5. The van der Waals surface area contributed by atoms with Crippen LogP contribution < -0.4 is 15.4 Å². The van der Waals surface area contributed by atoms with Gasteiger partial charge in [-0.1, -0.05) is 36.4 Å². The summed E-state index contributed by atoms with van der Waals surface area (Å²) in [7, 11) is 3.55. The minimum atomic E-state index is -0.0278. The molecule has 1 atom stereocenters. The van der Waals surface area contributed by atoms with Crippen LogP contribution in [0.4, 0.5) is 4.79 Å². The van der Waals surface area contributed by atoms with E-state index < -0.39 is 0 Å². The zero-order chi connectivity index (χ0) is 16.9. The zero-order valence-corrected chi connectivity index (χ0v) is 14.1. The Morgan fingerprint density at radius 1 is 1.12 bits per heavy atom. The fraction of sp³-hybridized carbons (Fsp3) is 0.316. The number of methoxy groups -OCH3 is 1. The van der Waals surface area contributed by atoms with Crippen molar-refractivity contribution in [2.24, 2.45) is 0 Å². The lowest BCUT2D eigenvalue weighted by Gasteiger charge is -2.21. The fourth-order valence-electron chi connectivity index (χ4n) is 3.00. The number of carbonyl (C=O) groups is 1. The third kappa shape index (κ3) is 3.51. The van der Waals surface area contributed by atoms with Gasteiger partial charge in [0.2, 0.25) is 0 Å². The van der Waals surface area contributed by atoms with Gasteiger partial charge in [0.05, 0.1) is 7.11 Å². The average Bonchev–Trinajstić information content (AvgIpc) is 3.07. The highest BCUT2D eigenvalue weighted by Gasteiger charge is 2.23. The van der Waals surface area contributed by atoms with Gasteiger partial charge < -0.3 is 20.3 Å². The molecule has 5 heteroatoms. The van der Waals surface area contributed by atoms with Gasteiger partial charge in [-0.3, -0.25) is 0 Å². The third-order valence-electron chi connectivity index (χ3n) is 4.45. The maximum Gasteiger partial charge on any atom is 0.318 e. The normalized spacial score (nSPS) is 14.2. The predicted octanol–water partition coefficient (Wildman–Crippen LogP) is 2.68. The Labute approximate surface area is 142 Å². The SMILES string of the molecule is CNC(CNC(=O)N1Cc2ccccc2C1)c1ccc(OC)cc1. The number of amides is 2. The fourth-order valence-corrected chi connectivity index (χ4v) is 3.00. The molecule has 0 saturated heterocycles. The lowest BCUT2D eigenvalue weighted by Crippen LogP contribution is -2.40. The summed E-state index contributed by atoms with van der Waals surface area (Å²) in [6, 6.07) is 16.1. The number of hydrogen-bond donors (Lipinski definition) is 2. The van der Waals surface area contributed by atoms with E-state index in [-0.39, 0.29) is 12.1 Å². The second kappa shape index (κ2) is 7.36. The van der Waals surface area contributed by atoms with Crippen LogP contribution in [0.1, 0.15) is 22.7 Å². The first-order valence-corrected chi connectivity index (χ1v) is 8.12. The number of ether oxygens (including phenoxy) is 1. The van der Waals surface area contributed by atoms with Crippen molar-refractivity contribution in [1.29, 1.82) is 0 Å². The second-order valence-corrected chi connectivity index (χ2v) is 5.93. The summed E-state index contributed by atoms with van der Waals surface area (Å²) < 4.78 is 5.18. The van der Waals surface area contributed by atoms with E-state index in [1.807, 2.05) is 48.3 Å². The van der Waals surface area contributed by atoms with Crippen molar-refractivity contribution in [3.63, 3.8) is 0 Å². The lowest BCUT2D eigenvalue weighted by molar-refractivity contribution is 0.197. The van der Waals surface area contributed by atoms with Gasteiger partial charge in [-0.15, -0.1) is 0 Å².